The highest BCUT2D eigenvalue weighted by atomic mass is 79.9. The number of hydrogen-bond acceptors (Lipinski definition) is 2. The summed E-state index contributed by atoms with van der Waals surface area (Å²) < 4.78 is 0.942. The van der Waals surface area contributed by atoms with Crippen molar-refractivity contribution >= 4 is 61.8 Å². The molecular formula is C10H7BrCl2S2. The average molecular weight is 342 g/mol. The van der Waals surface area contributed by atoms with E-state index in [0.29, 0.717) is 0 Å². The van der Waals surface area contributed by atoms with Crippen molar-refractivity contribution in [3.8, 4) is 0 Å². The van der Waals surface area contributed by atoms with Crippen LogP contribution in [-0.4, -0.2) is 0 Å². The van der Waals surface area contributed by atoms with Crippen LogP contribution in [-0.2, 0) is 0 Å². The maximum absolute atomic E-state index is 6.40. The zero-order chi connectivity index (χ0) is 11.0. The molecule has 1 atom stereocenters. The van der Waals surface area contributed by atoms with Gasteiger partial charge < -0.3 is 0 Å². The van der Waals surface area contributed by atoms with Crippen molar-refractivity contribution in [2.24, 2.45) is 0 Å². The molecule has 80 valence electrons. The second-order valence-corrected chi connectivity index (χ2v) is 7.13. The Morgan fingerprint density at radius 3 is 2.60 bits per heavy atom. The fourth-order valence-electron chi connectivity index (χ4n) is 1.27. The second kappa shape index (κ2) is 4.76. The van der Waals surface area contributed by atoms with Crippen LogP contribution < -0.4 is 0 Å². The van der Waals surface area contributed by atoms with Gasteiger partial charge in [0.25, 0.3) is 0 Å². The molecule has 0 aliphatic rings. The Kier molecular flexibility index (Phi) is 3.79. The molecule has 2 aromatic heterocycles. The maximum atomic E-state index is 6.40. The van der Waals surface area contributed by atoms with Crippen LogP contribution in [0.15, 0.2) is 20.6 Å². The molecule has 0 amide bonds. The first-order valence-corrected chi connectivity index (χ1v) is 7.57. The Morgan fingerprint density at radius 1 is 1.40 bits per heavy atom. The lowest BCUT2D eigenvalue weighted by molar-refractivity contribution is 1.17. The molecule has 0 aromatic carbocycles. The number of aryl methyl sites for hydroxylation is 1. The number of hydrogen-bond donors (Lipinski definition) is 0. The smallest absolute Gasteiger partial charge is 0.0939 e. The number of alkyl halides is 1. The highest BCUT2D eigenvalue weighted by Gasteiger charge is 2.17. The molecule has 1 unspecified atom stereocenters. The van der Waals surface area contributed by atoms with Gasteiger partial charge >= 0.3 is 0 Å². The fraction of sp³-hybridized carbons (Fsp3) is 0.200. The predicted octanol–water partition coefficient (Wildman–Crippen LogP) is 5.86. The molecule has 0 nitrogen and oxygen atoms in total. The molecule has 5 heteroatoms. The van der Waals surface area contributed by atoms with Gasteiger partial charge in [-0.25, -0.2) is 0 Å². The molecule has 0 saturated heterocycles. The molecule has 0 bridgehead atoms. The van der Waals surface area contributed by atoms with Gasteiger partial charge in [-0.2, -0.15) is 11.3 Å². The largest absolute Gasteiger partial charge is 0.152 e. The third kappa shape index (κ3) is 2.42. The summed E-state index contributed by atoms with van der Waals surface area (Å²) >= 11 is 19.0. The lowest BCUT2D eigenvalue weighted by Crippen LogP contribution is -1.89. The van der Waals surface area contributed by atoms with Crippen molar-refractivity contribution in [1.82, 2.24) is 0 Å². The van der Waals surface area contributed by atoms with Crippen molar-refractivity contribution < 1.29 is 0 Å². The zero-order valence-corrected chi connectivity index (χ0v) is 12.5. The normalized spacial score (nSPS) is 13.1. The van der Waals surface area contributed by atoms with E-state index in [0.717, 1.165) is 13.7 Å². The van der Waals surface area contributed by atoms with Crippen LogP contribution in [0.2, 0.25) is 5.02 Å². The van der Waals surface area contributed by atoms with Gasteiger partial charge in [0, 0.05) is 4.88 Å². The third-order valence-corrected chi connectivity index (χ3v) is 6.10. The van der Waals surface area contributed by atoms with Crippen molar-refractivity contribution in [2.45, 2.75) is 12.3 Å². The van der Waals surface area contributed by atoms with Crippen molar-refractivity contribution in [1.29, 1.82) is 0 Å². The SMILES string of the molecule is Cc1cscc1C(Cl)c1cc(Cl)c(Br)s1. The molecule has 0 aliphatic heterocycles. The molecule has 15 heavy (non-hydrogen) atoms. The first-order chi connectivity index (χ1) is 7.09. The van der Waals surface area contributed by atoms with Gasteiger partial charge in [-0.05, 0) is 50.8 Å². The lowest BCUT2D eigenvalue weighted by atomic mass is 10.1. The molecule has 0 aliphatic carbocycles. The fourth-order valence-corrected chi connectivity index (χ4v) is 4.40. The van der Waals surface area contributed by atoms with Gasteiger partial charge in [-0.1, -0.05) is 11.6 Å². The van der Waals surface area contributed by atoms with Crippen molar-refractivity contribution in [3.05, 3.63) is 41.6 Å². The molecule has 2 aromatic rings. The Morgan fingerprint density at radius 2 is 2.13 bits per heavy atom. The number of thiophene rings is 2. The summed E-state index contributed by atoms with van der Waals surface area (Å²) in [5.74, 6) is 0. The van der Waals surface area contributed by atoms with Crippen LogP contribution in [0.5, 0.6) is 0 Å². The summed E-state index contributed by atoms with van der Waals surface area (Å²) in [6, 6.07) is 1.92. The van der Waals surface area contributed by atoms with E-state index in [1.165, 1.54) is 11.1 Å². The summed E-state index contributed by atoms with van der Waals surface area (Å²) in [6.07, 6.45) is 0. The monoisotopic (exact) mass is 340 g/mol. The van der Waals surface area contributed by atoms with E-state index in [1.807, 2.05) is 6.07 Å². The van der Waals surface area contributed by atoms with Crippen LogP contribution >= 0.6 is 61.8 Å². The van der Waals surface area contributed by atoms with Crippen LogP contribution in [0.3, 0.4) is 0 Å². The Bertz CT molecular complexity index is 456. The van der Waals surface area contributed by atoms with E-state index >= 15 is 0 Å². The topological polar surface area (TPSA) is 0 Å². The minimum atomic E-state index is -0.0925. The maximum Gasteiger partial charge on any atom is 0.0939 e. The van der Waals surface area contributed by atoms with Crippen LogP contribution in [0, 0.1) is 6.92 Å². The van der Waals surface area contributed by atoms with Crippen LogP contribution in [0.4, 0.5) is 0 Å². The van der Waals surface area contributed by atoms with Gasteiger partial charge in [0.1, 0.15) is 0 Å². The Balaban J connectivity index is 2.36. The van der Waals surface area contributed by atoms with E-state index < -0.39 is 0 Å². The summed E-state index contributed by atoms with van der Waals surface area (Å²) in [7, 11) is 0. The van der Waals surface area contributed by atoms with Gasteiger partial charge in [0.05, 0.1) is 14.2 Å². The highest BCUT2D eigenvalue weighted by molar-refractivity contribution is 9.11. The number of rotatable bonds is 2. The molecule has 0 radical (unpaired) electrons. The van der Waals surface area contributed by atoms with Crippen molar-refractivity contribution in [3.63, 3.8) is 0 Å². The Hall–Kier alpha value is 0.460. The molecule has 0 saturated carbocycles. The molecule has 2 rings (SSSR count). The highest BCUT2D eigenvalue weighted by Crippen LogP contribution is 2.41. The van der Waals surface area contributed by atoms with E-state index in [1.54, 1.807) is 22.7 Å². The second-order valence-electron chi connectivity index (χ2n) is 3.14. The average Bonchev–Trinajstić information content (AvgIpc) is 2.74. The van der Waals surface area contributed by atoms with E-state index in [9.17, 15) is 0 Å². The third-order valence-electron chi connectivity index (χ3n) is 2.08. The Labute approximate surface area is 115 Å². The summed E-state index contributed by atoms with van der Waals surface area (Å²) in [6.45, 7) is 2.07. The number of halogens is 3. The molecule has 0 N–H and O–H groups in total. The van der Waals surface area contributed by atoms with Gasteiger partial charge in [0.15, 0.2) is 0 Å². The molecule has 0 fully saturated rings. The summed E-state index contributed by atoms with van der Waals surface area (Å²) in [5.41, 5.74) is 2.41. The molecule has 0 spiro atoms. The summed E-state index contributed by atoms with van der Waals surface area (Å²) in [5, 5.41) is 4.84. The lowest BCUT2D eigenvalue weighted by Gasteiger charge is -2.05. The first kappa shape index (κ1) is 11.9. The minimum Gasteiger partial charge on any atom is -0.152 e. The van der Waals surface area contributed by atoms with Gasteiger partial charge in [0.2, 0.25) is 0 Å². The summed E-state index contributed by atoms with van der Waals surface area (Å²) in [4.78, 5) is 1.08. The first-order valence-electron chi connectivity index (χ1n) is 4.21. The van der Waals surface area contributed by atoms with Crippen LogP contribution in [0.1, 0.15) is 21.4 Å². The van der Waals surface area contributed by atoms with Gasteiger partial charge in [-0.3, -0.25) is 0 Å². The molecule has 2 heterocycles. The standard InChI is InChI=1S/C10H7BrCl2S2/c1-5-3-14-4-6(5)9(13)8-2-7(12)10(11)15-8/h2-4,9H,1H3. The zero-order valence-electron chi connectivity index (χ0n) is 7.76. The molecular weight excluding hydrogens is 335 g/mol. The van der Waals surface area contributed by atoms with Gasteiger partial charge in [-0.15, -0.1) is 22.9 Å². The van der Waals surface area contributed by atoms with Crippen molar-refractivity contribution in [2.75, 3.05) is 0 Å². The minimum absolute atomic E-state index is 0.0925. The van der Waals surface area contributed by atoms with E-state index in [2.05, 4.69) is 33.6 Å². The van der Waals surface area contributed by atoms with E-state index in [4.69, 9.17) is 23.2 Å². The predicted molar refractivity (Wildman–Crippen MR) is 73.8 cm³/mol. The quantitative estimate of drug-likeness (QED) is 0.600. The van der Waals surface area contributed by atoms with Crippen LogP contribution in [0.25, 0.3) is 0 Å². The van der Waals surface area contributed by atoms with E-state index in [-0.39, 0.29) is 5.38 Å².